The molecule has 5 rings (SSSR count). The van der Waals surface area contributed by atoms with Gasteiger partial charge in [-0.15, -0.1) is 9.24 Å². The van der Waals surface area contributed by atoms with Crippen LogP contribution in [0.15, 0.2) is 119 Å². The standard InChI is InChI=1S/C34H34N2.C8H17P.2C2H6/c1-24(2)28-16-11-12-20-32(28)33(35-4)30-18-9-7-15-27(30)23-36-22-21-26-14-6-10-19-31(26)34(36)29-17-8-5-13-25(29)3;1-5-6(2)7(3)8(4)9;2*1-2/h5-22,24,34H,23H2,1-4H3;8H,5,9H2,1-4H3;2*1-2H3/b;7-6-;;. The average molecular weight is 675 g/mol. The van der Waals surface area contributed by atoms with Gasteiger partial charge >= 0.3 is 0 Å². The van der Waals surface area contributed by atoms with Crippen molar-refractivity contribution in [2.75, 3.05) is 7.05 Å². The Kier molecular flexibility index (Phi) is 18.1. The minimum absolute atomic E-state index is 0.158. The molecule has 0 radical (unpaired) electrons. The van der Waals surface area contributed by atoms with Crippen LogP contribution in [0.2, 0.25) is 0 Å². The zero-order valence-corrected chi connectivity index (χ0v) is 33.7. The molecular formula is C46H63N2P. The number of fused-ring (bicyclic) bond motifs is 1. The minimum Gasteiger partial charge on any atom is -0.362 e. The summed E-state index contributed by atoms with van der Waals surface area (Å²) in [5.41, 5.74) is 15.1. The summed E-state index contributed by atoms with van der Waals surface area (Å²) in [6.07, 6.45) is 5.70. The molecule has 0 aromatic heterocycles. The van der Waals surface area contributed by atoms with Gasteiger partial charge in [0, 0.05) is 30.9 Å². The van der Waals surface area contributed by atoms with Crippen LogP contribution < -0.4 is 0 Å². The highest BCUT2D eigenvalue weighted by molar-refractivity contribution is 7.18. The van der Waals surface area contributed by atoms with E-state index in [1.165, 1.54) is 62.1 Å². The normalized spacial score (nSPS) is 14.6. The SMILES string of the molecule is CC.CC.CC/C(C)=C(/C)C(C)P.CN=C(c1ccccc1CN1C=Cc2ccccc2C1c1ccccc1C)c1ccccc1C(C)C. The van der Waals surface area contributed by atoms with Gasteiger partial charge in [-0.1, -0.05) is 164 Å². The van der Waals surface area contributed by atoms with Crippen molar-refractivity contribution in [3.63, 3.8) is 0 Å². The third kappa shape index (κ3) is 10.9. The number of hydrogen-bond donors (Lipinski definition) is 0. The first-order chi connectivity index (χ1) is 23.7. The van der Waals surface area contributed by atoms with Crippen molar-refractivity contribution in [1.29, 1.82) is 0 Å². The number of allylic oxidation sites excluding steroid dienone is 2. The van der Waals surface area contributed by atoms with Gasteiger partial charge in [0.25, 0.3) is 0 Å². The van der Waals surface area contributed by atoms with Crippen molar-refractivity contribution < 1.29 is 0 Å². The Bertz CT molecular complexity index is 1670. The molecular weight excluding hydrogens is 611 g/mol. The maximum atomic E-state index is 4.83. The lowest BCUT2D eigenvalue weighted by Crippen LogP contribution is -2.28. The molecule has 1 aliphatic rings. The van der Waals surface area contributed by atoms with Gasteiger partial charge in [-0.3, -0.25) is 4.99 Å². The number of aliphatic imine (C=N–C) groups is 1. The first-order valence-electron chi connectivity index (χ1n) is 18.3. The van der Waals surface area contributed by atoms with E-state index >= 15 is 0 Å². The number of benzene rings is 4. The molecule has 0 fully saturated rings. The summed E-state index contributed by atoms with van der Waals surface area (Å²) < 4.78 is 0. The van der Waals surface area contributed by atoms with Gasteiger partial charge in [0.15, 0.2) is 0 Å². The third-order valence-corrected chi connectivity index (χ3v) is 9.62. The lowest BCUT2D eigenvalue weighted by molar-refractivity contribution is 0.306. The largest absolute Gasteiger partial charge is 0.362 e. The highest BCUT2D eigenvalue weighted by Crippen LogP contribution is 2.38. The van der Waals surface area contributed by atoms with Crippen LogP contribution in [0.5, 0.6) is 0 Å². The molecule has 0 amide bonds. The van der Waals surface area contributed by atoms with Gasteiger partial charge in [0.2, 0.25) is 0 Å². The van der Waals surface area contributed by atoms with Gasteiger partial charge in [-0.25, -0.2) is 0 Å². The second-order valence-corrected chi connectivity index (χ2v) is 13.5. The van der Waals surface area contributed by atoms with Crippen molar-refractivity contribution in [3.05, 3.63) is 159 Å². The van der Waals surface area contributed by atoms with Crippen molar-refractivity contribution in [2.45, 2.75) is 107 Å². The van der Waals surface area contributed by atoms with Crippen LogP contribution in [0.1, 0.15) is 132 Å². The van der Waals surface area contributed by atoms with E-state index < -0.39 is 0 Å². The van der Waals surface area contributed by atoms with Crippen LogP contribution >= 0.6 is 9.24 Å². The molecule has 4 aromatic rings. The maximum Gasteiger partial charge on any atom is 0.0802 e. The molecule has 262 valence electrons. The zero-order chi connectivity index (χ0) is 36.5. The van der Waals surface area contributed by atoms with Crippen molar-refractivity contribution in [2.24, 2.45) is 4.99 Å². The molecule has 3 heteroatoms. The van der Waals surface area contributed by atoms with Crippen molar-refractivity contribution >= 4 is 21.0 Å². The van der Waals surface area contributed by atoms with Gasteiger partial charge in [0.05, 0.1) is 11.8 Å². The summed E-state index contributed by atoms with van der Waals surface area (Å²) in [6, 6.07) is 35.1. The number of nitrogens with zero attached hydrogens (tertiary/aromatic N) is 2. The van der Waals surface area contributed by atoms with Crippen LogP contribution in [-0.2, 0) is 6.54 Å². The Labute approximate surface area is 302 Å². The van der Waals surface area contributed by atoms with E-state index in [0.717, 1.165) is 12.3 Å². The smallest absolute Gasteiger partial charge is 0.0802 e. The summed E-state index contributed by atoms with van der Waals surface area (Å²) in [5.74, 6) is 0.428. The maximum absolute atomic E-state index is 4.83. The lowest BCUT2D eigenvalue weighted by atomic mass is 9.87. The molecule has 1 aliphatic heterocycles. The molecule has 2 nitrogen and oxygen atoms in total. The fourth-order valence-corrected chi connectivity index (χ4v) is 6.38. The Morgan fingerprint density at radius 3 is 1.88 bits per heavy atom. The Morgan fingerprint density at radius 1 is 0.755 bits per heavy atom. The highest BCUT2D eigenvalue weighted by atomic mass is 31.0. The monoisotopic (exact) mass is 674 g/mol. The summed E-state index contributed by atoms with van der Waals surface area (Å²) in [4.78, 5) is 7.31. The first-order valence-corrected chi connectivity index (χ1v) is 19.0. The van der Waals surface area contributed by atoms with Gasteiger partial charge in [-0.05, 0) is 78.2 Å². The number of aryl methyl sites for hydroxylation is 1. The molecule has 0 spiro atoms. The summed E-state index contributed by atoms with van der Waals surface area (Å²) in [7, 11) is 4.73. The zero-order valence-electron chi connectivity index (χ0n) is 32.5. The van der Waals surface area contributed by atoms with Crippen LogP contribution in [0.25, 0.3) is 6.08 Å². The summed E-state index contributed by atoms with van der Waals surface area (Å²) in [6.45, 7) is 24.3. The number of rotatable bonds is 8. The van der Waals surface area contributed by atoms with Crippen LogP contribution in [0.4, 0.5) is 0 Å². The molecule has 0 bridgehead atoms. The fraction of sp³-hybridized carbons (Fsp3) is 0.370. The molecule has 3 atom stereocenters. The third-order valence-electron chi connectivity index (χ3n) is 9.12. The van der Waals surface area contributed by atoms with Crippen molar-refractivity contribution in [3.8, 4) is 0 Å². The second kappa shape index (κ2) is 21.4. The van der Waals surface area contributed by atoms with Gasteiger partial charge in [0.1, 0.15) is 0 Å². The Morgan fingerprint density at radius 2 is 1.31 bits per heavy atom. The van der Waals surface area contributed by atoms with E-state index in [1.807, 2.05) is 34.7 Å². The molecule has 3 unspecified atom stereocenters. The van der Waals surface area contributed by atoms with E-state index in [1.54, 1.807) is 0 Å². The van der Waals surface area contributed by atoms with Gasteiger partial charge < -0.3 is 4.90 Å². The summed E-state index contributed by atoms with van der Waals surface area (Å²) >= 11 is 0. The first kappa shape index (κ1) is 41.4. The number of hydrogen-bond acceptors (Lipinski definition) is 2. The molecule has 1 heterocycles. The summed E-state index contributed by atoms with van der Waals surface area (Å²) in [5, 5.41) is 0. The molecule has 4 aromatic carbocycles. The molecule has 0 aliphatic carbocycles. The van der Waals surface area contributed by atoms with E-state index in [2.05, 4.69) is 172 Å². The Hall–Kier alpha value is -3.74. The van der Waals surface area contributed by atoms with Crippen LogP contribution in [0.3, 0.4) is 0 Å². The van der Waals surface area contributed by atoms with E-state index in [-0.39, 0.29) is 6.04 Å². The van der Waals surface area contributed by atoms with E-state index in [0.29, 0.717) is 11.6 Å². The molecule has 0 saturated carbocycles. The fourth-order valence-electron chi connectivity index (χ4n) is 6.09. The van der Waals surface area contributed by atoms with E-state index in [4.69, 9.17) is 4.99 Å². The van der Waals surface area contributed by atoms with E-state index in [9.17, 15) is 0 Å². The molecule has 0 N–H and O–H groups in total. The highest BCUT2D eigenvalue weighted by Gasteiger charge is 2.27. The van der Waals surface area contributed by atoms with Crippen LogP contribution in [-0.4, -0.2) is 23.3 Å². The predicted molar refractivity (Wildman–Crippen MR) is 223 cm³/mol. The van der Waals surface area contributed by atoms with Gasteiger partial charge in [-0.2, -0.15) is 0 Å². The van der Waals surface area contributed by atoms with Crippen molar-refractivity contribution in [1.82, 2.24) is 4.90 Å². The predicted octanol–water partition coefficient (Wildman–Crippen LogP) is 13.2. The molecule has 0 saturated heterocycles. The lowest BCUT2D eigenvalue weighted by Gasteiger charge is -2.36. The second-order valence-electron chi connectivity index (χ2n) is 12.5. The quantitative estimate of drug-likeness (QED) is 0.103. The minimum atomic E-state index is 0.158. The van der Waals surface area contributed by atoms with Crippen LogP contribution in [0, 0.1) is 6.92 Å². The topological polar surface area (TPSA) is 15.6 Å². The average Bonchev–Trinajstić information content (AvgIpc) is 3.14. The Balaban J connectivity index is 0.000000553. The molecule has 49 heavy (non-hydrogen) atoms.